The van der Waals surface area contributed by atoms with Gasteiger partial charge < -0.3 is 5.73 Å². The van der Waals surface area contributed by atoms with E-state index in [0.29, 0.717) is 6.54 Å². The zero-order chi connectivity index (χ0) is 14.1. The van der Waals surface area contributed by atoms with E-state index in [2.05, 4.69) is 4.72 Å². The molecule has 4 nitrogen and oxygen atoms in total. The zero-order valence-electron chi connectivity index (χ0n) is 10.6. The van der Waals surface area contributed by atoms with Crippen molar-refractivity contribution in [1.29, 1.82) is 0 Å². The number of benzene rings is 1. The summed E-state index contributed by atoms with van der Waals surface area (Å²) in [7, 11) is -3.71. The first-order valence-corrected chi connectivity index (χ1v) is 8.47. The van der Waals surface area contributed by atoms with Gasteiger partial charge in [0.2, 0.25) is 10.0 Å². The average molecular weight is 304 g/mol. The van der Waals surface area contributed by atoms with Crippen LogP contribution in [0.25, 0.3) is 0 Å². The summed E-state index contributed by atoms with van der Waals surface area (Å²) >= 11 is 1.76. The third-order valence-corrected chi connectivity index (χ3v) is 6.06. The van der Waals surface area contributed by atoms with Crippen LogP contribution in [-0.4, -0.2) is 25.5 Å². The molecule has 0 amide bonds. The first kappa shape index (κ1) is 14.6. The van der Waals surface area contributed by atoms with Crippen molar-refractivity contribution in [2.75, 3.05) is 18.0 Å². The van der Waals surface area contributed by atoms with Crippen LogP contribution in [0.15, 0.2) is 23.1 Å². The van der Waals surface area contributed by atoms with Crippen molar-refractivity contribution >= 4 is 27.5 Å². The van der Waals surface area contributed by atoms with E-state index in [0.717, 1.165) is 30.7 Å². The molecule has 1 fully saturated rings. The number of nitrogen functional groups attached to an aromatic ring is 1. The number of nitrogens with two attached hydrogens (primary N) is 1. The Balaban J connectivity index is 2.13. The van der Waals surface area contributed by atoms with E-state index in [-0.39, 0.29) is 15.3 Å². The Morgan fingerprint density at radius 3 is 2.79 bits per heavy atom. The fraction of sp³-hybridized carbons (Fsp3) is 0.500. The molecule has 3 N–H and O–H groups in total. The second-order valence-electron chi connectivity index (χ2n) is 4.95. The average Bonchev–Trinajstić information content (AvgIpc) is 2.73. The van der Waals surface area contributed by atoms with Crippen molar-refractivity contribution in [3.63, 3.8) is 0 Å². The minimum atomic E-state index is -3.71. The van der Waals surface area contributed by atoms with E-state index in [9.17, 15) is 12.8 Å². The van der Waals surface area contributed by atoms with Crippen LogP contribution in [0.2, 0.25) is 0 Å². The number of hydrogen-bond acceptors (Lipinski definition) is 4. The van der Waals surface area contributed by atoms with Crippen molar-refractivity contribution in [2.45, 2.75) is 29.4 Å². The summed E-state index contributed by atoms with van der Waals surface area (Å²) in [5, 5.41) is 0. The predicted octanol–water partition coefficient (Wildman–Crippen LogP) is 1.97. The van der Waals surface area contributed by atoms with Crippen molar-refractivity contribution in [2.24, 2.45) is 0 Å². The van der Waals surface area contributed by atoms with Gasteiger partial charge in [-0.1, -0.05) is 0 Å². The Morgan fingerprint density at radius 1 is 1.47 bits per heavy atom. The first-order valence-electron chi connectivity index (χ1n) is 6.00. The molecule has 7 heteroatoms. The van der Waals surface area contributed by atoms with Crippen LogP contribution in [0.1, 0.15) is 19.8 Å². The number of rotatable bonds is 4. The highest BCUT2D eigenvalue weighted by Gasteiger charge is 2.31. The minimum absolute atomic E-state index is 0.0774. The molecule has 1 aromatic rings. The molecule has 2 rings (SSSR count). The summed E-state index contributed by atoms with van der Waals surface area (Å²) in [5.41, 5.74) is 5.56. The third-order valence-electron chi connectivity index (χ3n) is 3.14. The van der Waals surface area contributed by atoms with Crippen LogP contribution < -0.4 is 10.5 Å². The highest BCUT2D eigenvalue weighted by atomic mass is 32.2. The second-order valence-corrected chi connectivity index (χ2v) is 8.40. The largest absolute Gasteiger partial charge is 0.399 e. The van der Waals surface area contributed by atoms with Gasteiger partial charge in [0.15, 0.2) is 0 Å². The quantitative estimate of drug-likeness (QED) is 0.834. The van der Waals surface area contributed by atoms with Crippen molar-refractivity contribution in [3.05, 3.63) is 24.0 Å². The van der Waals surface area contributed by atoms with E-state index in [1.807, 2.05) is 6.92 Å². The molecule has 1 saturated heterocycles. The fourth-order valence-electron chi connectivity index (χ4n) is 2.05. The molecule has 1 heterocycles. The highest BCUT2D eigenvalue weighted by Crippen LogP contribution is 2.37. The number of thioether (sulfide) groups is 1. The molecular formula is C12H17FN2O2S2. The van der Waals surface area contributed by atoms with Crippen LogP contribution >= 0.6 is 11.8 Å². The van der Waals surface area contributed by atoms with E-state index in [4.69, 9.17) is 5.73 Å². The molecule has 19 heavy (non-hydrogen) atoms. The summed E-state index contributed by atoms with van der Waals surface area (Å²) in [6.07, 6.45) is 2.07. The number of anilines is 1. The first-order chi connectivity index (χ1) is 8.81. The summed E-state index contributed by atoms with van der Waals surface area (Å²) in [6.45, 7) is 2.38. The molecule has 0 aliphatic carbocycles. The lowest BCUT2D eigenvalue weighted by molar-refractivity contribution is 0.551. The SMILES string of the molecule is CC1(CNS(=O)(=O)c2cc(N)cc(F)c2)CCCS1. The highest BCUT2D eigenvalue weighted by molar-refractivity contribution is 8.01. The van der Waals surface area contributed by atoms with Gasteiger partial charge in [0.1, 0.15) is 5.82 Å². The molecule has 0 saturated carbocycles. The molecule has 106 valence electrons. The van der Waals surface area contributed by atoms with Gasteiger partial charge in [0, 0.05) is 17.0 Å². The van der Waals surface area contributed by atoms with Gasteiger partial charge in [0.25, 0.3) is 0 Å². The normalized spacial score (nSPS) is 23.7. The van der Waals surface area contributed by atoms with Crippen LogP contribution in [0.5, 0.6) is 0 Å². The Hall–Kier alpha value is -0.790. The van der Waals surface area contributed by atoms with Crippen LogP contribution in [0.4, 0.5) is 10.1 Å². The van der Waals surface area contributed by atoms with Gasteiger partial charge >= 0.3 is 0 Å². The number of hydrogen-bond donors (Lipinski definition) is 2. The van der Waals surface area contributed by atoms with Crippen molar-refractivity contribution < 1.29 is 12.8 Å². The maximum absolute atomic E-state index is 13.2. The van der Waals surface area contributed by atoms with E-state index >= 15 is 0 Å². The summed E-state index contributed by atoms with van der Waals surface area (Å²) < 4.78 is 39.8. The van der Waals surface area contributed by atoms with Crippen LogP contribution in [0.3, 0.4) is 0 Å². The smallest absolute Gasteiger partial charge is 0.240 e. The Kier molecular flexibility index (Phi) is 4.08. The molecule has 0 radical (unpaired) electrons. The maximum Gasteiger partial charge on any atom is 0.240 e. The molecule has 1 aliphatic rings. The molecule has 0 aromatic heterocycles. The van der Waals surface area contributed by atoms with Crippen molar-refractivity contribution in [3.8, 4) is 0 Å². The predicted molar refractivity (Wildman–Crippen MR) is 76.1 cm³/mol. The van der Waals surface area contributed by atoms with Crippen molar-refractivity contribution in [1.82, 2.24) is 4.72 Å². The fourth-order valence-corrected chi connectivity index (χ4v) is 4.62. The van der Waals surface area contributed by atoms with E-state index in [1.165, 1.54) is 6.07 Å². The standard InChI is InChI=1S/C12H17FN2O2S2/c1-12(3-2-4-18-12)8-15-19(16,17)11-6-9(13)5-10(14)7-11/h5-7,15H,2-4,8,14H2,1H3. The van der Waals surface area contributed by atoms with Gasteiger partial charge in [-0.25, -0.2) is 17.5 Å². The lowest BCUT2D eigenvalue weighted by atomic mass is 10.1. The molecule has 0 bridgehead atoms. The molecule has 1 atom stereocenters. The third kappa shape index (κ3) is 3.61. The van der Waals surface area contributed by atoms with E-state index < -0.39 is 15.8 Å². The summed E-state index contributed by atoms with van der Waals surface area (Å²) in [6, 6.07) is 3.32. The molecule has 0 spiro atoms. The van der Waals surface area contributed by atoms with Gasteiger partial charge in [0.05, 0.1) is 4.90 Å². The number of sulfonamides is 1. The Labute approximate surface area is 117 Å². The molecular weight excluding hydrogens is 287 g/mol. The van der Waals surface area contributed by atoms with Gasteiger partial charge in [-0.15, -0.1) is 0 Å². The monoisotopic (exact) mass is 304 g/mol. The number of nitrogens with one attached hydrogen (secondary N) is 1. The lowest BCUT2D eigenvalue weighted by Crippen LogP contribution is -2.36. The number of halogens is 1. The summed E-state index contributed by atoms with van der Waals surface area (Å²) in [4.78, 5) is -0.128. The van der Waals surface area contributed by atoms with E-state index in [1.54, 1.807) is 11.8 Å². The topological polar surface area (TPSA) is 72.2 Å². The molecule has 1 unspecified atom stereocenters. The molecule has 1 aromatic carbocycles. The Bertz CT molecular complexity index is 549. The van der Waals surface area contributed by atoms with Crippen LogP contribution in [-0.2, 0) is 10.0 Å². The van der Waals surface area contributed by atoms with Gasteiger partial charge in [-0.05, 0) is 43.7 Å². The summed E-state index contributed by atoms with van der Waals surface area (Å²) in [5.74, 6) is 0.396. The van der Waals surface area contributed by atoms with Gasteiger partial charge in [-0.2, -0.15) is 11.8 Å². The Morgan fingerprint density at radius 2 is 2.21 bits per heavy atom. The van der Waals surface area contributed by atoms with Gasteiger partial charge in [-0.3, -0.25) is 0 Å². The zero-order valence-corrected chi connectivity index (χ0v) is 12.3. The maximum atomic E-state index is 13.2. The van der Waals surface area contributed by atoms with Crippen LogP contribution in [0, 0.1) is 5.82 Å². The minimum Gasteiger partial charge on any atom is -0.399 e. The second kappa shape index (κ2) is 5.30. The lowest BCUT2D eigenvalue weighted by Gasteiger charge is -2.22. The molecule has 1 aliphatic heterocycles.